The topological polar surface area (TPSA) is 118 Å². The Balaban J connectivity index is 1.77. The molecule has 10 nitrogen and oxygen atoms in total. The first-order valence-electron chi connectivity index (χ1n) is 11.7. The van der Waals surface area contributed by atoms with E-state index in [4.69, 9.17) is 25.8 Å². The molecule has 3 aromatic rings. The van der Waals surface area contributed by atoms with Gasteiger partial charge in [-0.3, -0.25) is 4.57 Å². The molecule has 1 saturated heterocycles. The standard InChI is InChI=1S/C24H30ClN5O5S/c1-15(23-26-11-18(25)12-27-23)16(2)36(31,32)14-21-28-29-24(17-7-6-10-35-13-17)30(21)22-19(33-3)8-5-9-20(22)34-4/h5,8-9,11-12,15-17H,6-7,10,13-14H2,1-4H3/t15-,16-,17-/m0/s1. The molecule has 2 aromatic heterocycles. The van der Waals surface area contributed by atoms with E-state index in [2.05, 4.69) is 20.2 Å². The van der Waals surface area contributed by atoms with E-state index in [0.29, 0.717) is 47.1 Å². The number of ether oxygens (including phenoxy) is 3. The fourth-order valence-corrected chi connectivity index (χ4v) is 5.97. The Morgan fingerprint density at radius 2 is 1.81 bits per heavy atom. The molecule has 36 heavy (non-hydrogen) atoms. The summed E-state index contributed by atoms with van der Waals surface area (Å²) in [6.07, 6.45) is 4.65. The number of halogens is 1. The number of rotatable bonds is 9. The van der Waals surface area contributed by atoms with E-state index < -0.39 is 21.0 Å². The highest BCUT2D eigenvalue weighted by molar-refractivity contribution is 7.91. The lowest BCUT2D eigenvalue weighted by Gasteiger charge is -2.24. The van der Waals surface area contributed by atoms with E-state index in [0.717, 1.165) is 12.8 Å². The molecule has 1 aliphatic rings. The number of methoxy groups -OCH3 is 2. The second-order valence-corrected chi connectivity index (χ2v) is 11.6. The van der Waals surface area contributed by atoms with Gasteiger partial charge in [-0.25, -0.2) is 18.4 Å². The molecule has 1 aliphatic heterocycles. The molecule has 0 bridgehead atoms. The van der Waals surface area contributed by atoms with Gasteiger partial charge in [-0.1, -0.05) is 24.6 Å². The van der Waals surface area contributed by atoms with Gasteiger partial charge in [0.05, 0.1) is 31.1 Å². The number of hydrogen-bond acceptors (Lipinski definition) is 9. The van der Waals surface area contributed by atoms with E-state index in [1.807, 2.05) is 0 Å². The minimum absolute atomic E-state index is 0.0452. The number of benzene rings is 1. The SMILES string of the molecule is COc1cccc(OC)c1-n1c(CS(=O)(=O)[C@@H](C)[C@H](C)c2ncc(Cl)cn2)nnc1[C@H]1CCCOC1. The average molecular weight is 536 g/mol. The first-order valence-corrected chi connectivity index (χ1v) is 13.8. The lowest BCUT2D eigenvalue weighted by atomic mass is 10.0. The van der Waals surface area contributed by atoms with Gasteiger partial charge in [0, 0.05) is 30.8 Å². The van der Waals surface area contributed by atoms with Gasteiger partial charge < -0.3 is 14.2 Å². The largest absolute Gasteiger partial charge is 0.494 e. The average Bonchev–Trinajstić information content (AvgIpc) is 3.30. The van der Waals surface area contributed by atoms with Gasteiger partial charge in [0.2, 0.25) is 0 Å². The van der Waals surface area contributed by atoms with Crippen molar-refractivity contribution >= 4 is 21.4 Å². The number of nitrogens with zero attached hydrogens (tertiary/aromatic N) is 5. The zero-order valence-corrected chi connectivity index (χ0v) is 22.3. The molecule has 1 aromatic carbocycles. The summed E-state index contributed by atoms with van der Waals surface area (Å²) in [5.41, 5.74) is 0.556. The zero-order chi connectivity index (χ0) is 25.9. The molecule has 3 heterocycles. The van der Waals surface area contributed by atoms with E-state index >= 15 is 0 Å². The van der Waals surface area contributed by atoms with Crippen molar-refractivity contribution in [3.8, 4) is 17.2 Å². The van der Waals surface area contributed by atoms with Crippen molar-refractivity contribution in [1.82, 2.24) is 24.7 Å². The first kappa shape index (κ1) is 26.3. The third-order valence-corrected chi connectivity index (χ3v) is 8.95. The van der Waals surface area contributed by atoms with Crippen LogP contribution in [0.2, 0.25) is 5.02 Å². The Hall–Kier alpha value is -2.76. The lowest BCUT2D eigenvalue weighted by molar-refractivity contribution is 0.0775. The number of para-hydroxylation sites is 1. The summed E-state index contributed by atoms with van der Waals surface area (Å²) in [5, 5.41) is 8.39. The molecule has 12 heteroatoms. The van der Waals surface area contributed by atoms with E-state index in [-0.39, 0.29) is 17.5 Å². The van der Waals surface area contributed by atoms with E-state index in [1.54, 1.807) is 50.8 Å². The maximum Gasteiger partial charge on any atom is 0.160 e. The van der Waals surface area contributed by atoms with Crippen molar-refractivity contribution < 1.29 is 22.6 Å². The Labute approximate surface area is 215 Å². The van der Waals surface area contributed by atoms with Crippen LogP contribution >= 0.6 is 11.6 Å². The summed E-state index contributed by atoms with van der Waals surface area (Å²) in [6, 6.07) is 5.39. The molecule has 0 aliphatic carbocycles. The second-order valence-electron chi connectivity index (χ2n) is 8.80. The highest BCUT2D eigenvalue weighted by atomic mass is 35.5. The van der Waals surface area contributed by atoms with Crippen LogP contribution in [0.5, 0.6) is 11.5 Å². The van der Waals surface area contributed by atoms with Crippen LogP contribution in [0.1, 0.15) is 56.0 Å². The van der Waals surface area contributed by atoms with Crippen LogP contribution < -0.4 is 9.47 Å². The molecular weight excluding hydrogens is 506 g/mol. The summed E-state index contributed by atoms with van der Waals surface area (Å²) in [6.45, 7) is 4.60. The van der Waals surface area contributed by atoms with Crippen LogP contribution in [-0.2, 0) is 20.3 Å². The fourth-order valence-electron chi connectivity index (χ4n) is 4.32. The Bertz CT molecular complexity index is 1270. The fraction of sp³-hybridized carbons (Fsp3) is 0.500. The van der Waals surface area contributed by atoms with Crippen molar-refractivity contribution in [3.63, 3.8) is 0 Å². The number of sulfone groups is 1. The van der Waals surface area contributed by atoms with Crippen LogP contribution in [0.15, 0.2) is 30.6 Å². The highest BCUT2D eigenvalue weighted by Crippen LogP contribution is 2.37. The minimum atomic E-state index is -3.71. The maximum absolute atomic E-state index is 13.6. The van der Waals surface area contributed by atoms with Crippen LogP contribution in [0.4, 0.5) is 0 Å². The third-order valence-electron chi connectivity index (χ3n) is 6.55. The molecule has 0 radical (unpaired) electrons. The van der Waals surface area contributed by atoms with Crippen LogP contribution in [-0.4, -0.2) is 65.8 Å². The Morgan fingerprint density at radius 3 is 2.39 bits per heavy atom. The molecule has 1 fully saturated rings. The minimum Gasteiger partial charge on any atom is -0.494 e. The van der Waals surface area contributed by atoms with Gasteiger partial charge >= 0.3 is 0 Å². The first-order chi connectivity index (χ1) is 17.3. The highest BCUT2D eigenvalue weighted by Gasteiger charge is 2.34. The maximum atomic E-state index is 13.6. The van der Waals surface area contributed by atoms with Gasteiger partial charge in [-0.15, -0.1) is 10.2 Å². The molecule has 4 rings (SSSR count). The zero-order valence-electron chi connectivity index (χ0n) is 20.7. The molecule has 0 unspecified atom stereocenters. The van der Waals surface area contributed by atoms with Crippen molar-refractivity contribution in [2.24, 2.45) is 0 Å². The summed E-state index contributed by atoms with van der Waals surface area (Å²) in [7, 11) is -0.599. The predicted octanol–water partition coefficient (Wildman–Crippen LogP) is 3.73. The second kappa shape index (κ2) is 11.1. The van der Waals surface area contributed by atoms with Crippen LogP contribution in [0.3, 0.4) is 0 Å². The summed E-state index contributed by atoms with van der Waals surface area (Å²) in [4.78, 5) is 8.42. The molecule has 0 amide bonds. The van der Waals surface area contributed by atoms with Crippen molar-refractivity contribution in [2.75, 3.05) is 27.4 Å². The summed E-state index contributed by atoms with van der Waals surface area (Å²) >= 11 is 5.89. The molecule has 194 valence electrons. The molecule has 3 atom stereocenters. The van der Waals surface area contributed by atoms with Crippen LogP contribution in [0.25, 0.3) is 5.69 Å². The van der Waals surface area contributed by atoms with Crippen LogP contribution in [0, 0.1) is 0 Å². The van der Waals surface area contributed by atoms with Gasteiger partial charge in [-0.05, 0) is 31.9 Å². The van der Waals surface area contributed by atoms with Crippen molar-refractivity contribution in [2.45, 2.75) is 49.5 Å². The molecule has 0 N–H and O–H groups in total. The summed E-state index contributed by atoms with van der Waals surface area (Å²) in [5.74, 6) is 1.48. The lowest BCUT2D eigenvalue weighted by Crippen LogP contribution is -2.28. The van der Waals surface area contributed by atoms with Gasteiger partial charge in [0.25, 0.3) is 0 Å². The van der Waals surface area contributed by atoms with Gasteiger partial charge in [-0.2, -0.15) is 0 Å². The predicted molar refractivity (Wildman–Crippen MR) is 135 cm³/mol. The third kappa shape index (κ3) is 5.33. The Morgan fingerprint density at radius 1 is 1.14 bits per heavy atom. The Kier molecular flexibility index (Phi) is 8.11. The smallest absolute Gasteiger partial charge is 0.160 e. The van der Waals surface area contributed by atoms with E-state index in [1.165, 1.54) is 12.4 Å². The van der Waals surface area contributed by atoms with Gasteiger partial charge in [0.1, 0.15) is 34.6 Å². The quantitative estimate of drug-likeness (QED) is 0.403. The van der Waals surface area contributed by atoms with E-state index in [9.17, 15) is 8.42 Å². The molecule has 0 spiro atoms. The summed E-state index contributed by atoms with van der Waals surface area (Å²) < 4.78 is 45.9. The van der Waals surface area contributed by atoms with Crippen molar-refractivity contribution in [3.05, 3.63) is 53.1 Å². The van der Waals surface area contributed by atoms with Crippen molar-refractivity contribution in [1.29, 1.82) is 0 Å². The molecular formula is C24H30ClN5O5S. The number of aromatic nitrogens is 5. The normalized spacial score (nSPS) is 18.0. The molecule has 0 saturated carbocycles. The number of hydrogen-bond donors (Lipinski definition) is 0. The van der Waals surface area contributed by atoms with Gasteiger partial charge in [0.15, 0.2) is 15.7 Å². The monoisotopic (exact) mass is 535 g/mol.